The van der Waals surface area contributed by atoms with Gasteiger partial charge < -0.3 is 15.8 Å². The molecule has 1 aromatic heterocycles. The summed E-state index contributed by atoms with van der Waals surface area (Å²) in [6, 6.07) is 1.59. The van der Waals surface area contributed by atoms with Crippen molar-refractivity contribution < 1.29 is 13.5 Å². The molecule has 0 aliphatic carbocycles. The number of aromatic nitrogens is 2. The lowest BCUT2D eigenvalue weighted by molar-refractivity contribution is 0.0215. The highest BCUT2D eigenvalue weighted by molar-refractivity contribution is 5.44. The van der Waals surface area contributed by atoms with Gasteiger partial charge in [0.25, 0.3) is 6.43 Å². The number of nitrogens with one attached hydrogen (secondary N) is 1. The fourth-order valence-corrected chi connectivity index (χ4v) is 1.19. The van der Waals surface area contributed by atoms with Gasteiger partial charge in [-0.25, -0.2) is 18.7 Å². The Bertz CT molecular complexity index is 349. The van der Waals surface area contributed by atoms with E-state index in [2.05, 4.69) is 15.3 Å². The van der Waals surface area contributed by atoms with Gasteiger partial charge in [0.05, 0.1) is 6.61 Å². The van der Waals surface area contributed by atoms with Gasteiger partial charge >= 0.3 is 0 Å². The van der Waals surface area contributed by atoms with E-state index in [4.69, 9.17) is 10.5 Å². The molecule has 0 aliphatic rings. The molecule has 17 heavy (non-hydrogen) atoms. The number of rotatable bonds is 7. The second-order valence-corrected chi connectivity index (χ2v) is 3.34. The van der Waals surface area contributed by atoms with Crippen molar-refractivity contribution >= 4 is 11.6 Å². The van der Waals surface area contributed by atoms with E-state index < -0.39 is 13.0 Å². The van der Waals surface area contributed by atoms with E-state index in [-0.39, 0.29) is 6.61 Å². The zero-order valence-electron chi connectivity index (χ0n) is 9.62. The summed E-state index contributed by atoms with van der Waals surface area (Å²) in [5, 5.41) is 2.93. The Morgan fingerprint density at radius 1 is 1.47 bits per heavy atom. The highest BCUT2D eigenvalue weighted by Gasteiger charge is 2.02. The van der Waals surface area contributed by atoms with Gasteiger partial charge in [-0.15, -0.1) is 0 Å². The fourth-order valence-electron chi connectivity index (χ4n) is 1.19. The quantitative estimate of drug-likeness (QED) is 0.710. The summed E-state index contributed by atoms with van der Waals surface area (Å²) in [7, 11) is 0. The summed E-state index contributed by atoms with van der Waals surface area (Å²) in [6.07, 6.45) is -1.75. The van der Waals surface area contributed by atoms with Crippen LogP contribution in [0.25, 0.3) is 0 Å². The van der Waals surface area contributed by atoms with Crippen LogP contribution in [0.2, 0.25) is 0 Å². The SMILES string of the molecule is CCc1nc(N)cc(NCCOCC(F)F)n1. The lowest BCUT2D eigenvalue weighted by Gasteiger charge is -2.08. The molecule has 96 valence electrons. The standard InChI is InChI=1S/C10H16F2N4O/c1-2-9-15-8(13)5-10(16-9)14-3-4-17-6-7(11)12/h5,7H,2-4,6H2,1H3,(H3,13,14,15,16). The number of nitrogens with zero attached hydrogens (tertiary/aromatic N) is 2. The van der Waals surface area contributed by atoms with Gasteiger partial charge in [0.15, 0.2) is 0 Å². The number of hydrogen-bond acceptors (Lipinski definition) is 5. The summed E-state index contributed by atoms with van der Waals surface area (Å²) in [6.45, 7) is 1.96. The predicted octanol–water partition coefficient (Wildman–Crippen LogP) is 1.31. The summed E-state index contributed by atoms with van der Waals surface area (Å²) in [5.41, 5.74) is 5.58. The van der Waals surface area contributed by atoms with Crippen LogP contribution in [0.5, 0.6) is 0 Å². The number of nitrogen functional groups attached to an aromatic ring is 1. The predicted molar refractivity (Wildman–Crippen MR) is 61.1 cm³/mol. The van der Waals surface area contributed by atoms with Crippen LogP contribution in [0.1, 0.15) is 12.7 Å². The molecule has 0 saturated heterocycles. The van der Waals surface area contributed by atoms with Gasteiger partial charge in [0.2, 0.25) is 0 Å². The van der Waals surface area contributed by atoms with Crippen LogP contribution in [-0.2, 0) is 11.2 Å². The Balaban J connectivity index is 2.33. The topological polar surface area (TPSA) is 73.1 Å². The van der Waals surface area contributed by atoms with Crippen molar-refractivity contribution in [1.82, 2.24) is 9.97 Å². The number of halogens is 2. The molecule has 0 aromatic carbocycles. The second kappa shape index (κ2) is 6.95. The zero-order valence-corrected chi connectivity index (χ0v) is 9.62. The lowest BCUT2D eigenvalue weighted by atomic mass is 10.4. The van der Waals surface area contributed by atoms with Crippen molar-refractivity contribution in [2.24, 2.45) is 0 Å². The van der Waals surface area contributed by atoms with Gasteiger partial charge in [-0.1, -0.05) is 6.92 Å². The molecule has 5 nitrogen and oxygen atoms in total. The van der Waals surface area contributed by atoms with E-state index in [0.717, 1.165) is 0 Å². The number of alkyl halides is 2. The Kier molecular flexibility index (Phi) is 5.55. The molecular weight excluding hydrogens is 230 g/mol. The van der Waals surface area contributed by atoms with Crippen LogP contribution >= 0.6 is 0 Å². The van der Waals surface area contributed by atoms with Crippen LogP contribution in [0.15, 0.2) is 6.07 Å². The molecule has 1 heterocycles. The molecule has 7 heteroatoms. The van der Waals surface area contributed by atoms with Crippen LogP contribution in [-0.4, -0.2) is 36.2 Å². The van der Waals surface area contributed by atoms with Gasteiger partial charge in [-0.05, 0) is 0 Å². The van der Waals surface area contributed by atoms with E-state index in [1.54, 1.807) is 6.07 Å². The van der Waals surface area contributed by atoms with Gasteiger partial charge in [-0.2, -0.15) is 0 Å². The van der Waals surface area contributed by atoms with Gasteiger partial charge in [-0.3, -0.25) is 0 Å². The molecule has 0 bridgehead atoms. The van der Waals surface area contributed by atoms with Crippen LogP contribution in [0, 0.1) is 0 Å². The third-order valence-corrected chi connectivity index (χ3v) is 1.90. The Morgan fingerprint density at radius 3 is 2.88 bits per heavy atom. The third-order valence-electron chi connectivity index (χ3n) is 1.90. The number of aryl methyl sites for hydroxylation is 1. The minimum atomic E-state index is -2.43. The number of nitrogens with two attached hydrogens (primary N) is 1. The van der Waals surface area contributed by atoms with E-state index >= 15 is 0 Å². The van der Waals surface area contributed by atoms with Crippen molar-refractivity contribution in [1.29, 1.82) is 0 Å². The van der Waals surface area contributed by atoms with Crippen LogP contribution in [0.4, 0.5) is 20.4 Å². The first-order valence-electron chi connectivity index (χ1n) is 5.35. The lowest BCUT2D eigenvalue weighted by Crippen LogP contribution is -2.14. The van der Waals surface area contributed by atoms with Crippen molar-refractivity contribution in [3.8, 4) is 0 Å². The molecule has 0 unspecified atom stereocenters. The summed E-state index contributed by atoms with van der Waals surface area (Å²) < 4.78 is 28.2. The minimum absolute atomic E-state index is 0.190. The van der Waals surface area contributed by atoms with Crippen LogP contribution in [0.3, 0.4) is 0 Å². The average Bonchev–Trinajstić information content (AvgIpc) is 2.27. The fraction of sp³-hybridized carbons (Fsp3) is 0.600. The highest BCUT2D eigenvalue weighted by Crippen LogP contribution is 2.08. The minimum Gasteiger partial charge on any atom is -0.384 e. The second-order valence-electron chi connectivity index (χ2n) is 3.34. The van der Waals surface area contributed by atoms with Crippen molar-refractivity contribution in [3.05, 3.63) is 11.9 Å². The third kappa shape index (κ3) is 5.39. The molecular formula is C10H16F2N4O. The van der Waals surface area contributed by atoms with Crippen molar-refractivity contribution in [3.63, 3.8) is 0 Å². The first kappa shape index (κ1) is 13.6. The molecule has 0 aliphatic heterocycles. The van der Waals surface area contributed by atoms with E-state index in [1.807, 2.05) is 6.92 Å². The van der Waals surface area contributed by atoms with Gasteiger partial charge in [0.1, 0.15) is 24.1 Å². The molecule has 0 atom stereocenters. The largest absolute Gasteiger partial charge is 0.384 e. The van der Waals surface area contributed by atoms with E-state index in [1.165, 1.54) is 0 Å². The number of anilines is 2. The monoisotopic (exact) mass is 246 g/mol. The van der Waals surface area contributed by atoms with Crippen LogP contribution < -0.4 is 11.1 Å². The first-order valence-corrected chi connectivity index (χ1v) is 5.35. The van der Waals surface area contributed by atoms with Crippen molar-refractivity contribution in [2.75, 3.05) is 30.8 Å². The maximum Gasteiger partial charge on any atom is 0.261 e. The zero-order chi connectivity index (χ0) is 12.7. The normalized spacial score (nSPS) is 10.8. The first-order chi connectivity index (χ1) is 8.11. The molecule has 1 rings (SSSR count). The maximum absolute atomic E-state index is 11.8. The molecule has 0 saturated carbocycles. The summed E-state index contributed by atoms with van der Waals surface area (Å²) in [4.78, 5) is 8.20. The smallest absolute Gasteiger partial charge is 0.261 e. The van der Waals surface area contributed by atoms with Crippen molar-refractivity contribution in [2.45, 2.75) is 19.8 Å². The summed E-state index contributed by atoms with van der Waals surface area (Å²) >= 11 is 0. The molecule has 3 N–H and O–H groups in total. The number of hydrogen-bond donors (Lipinski definition) is 2. The Hall–Kier alpha value is -1.50. The maximum atomic E-state index is 11.8. The molecule has 0 radical (unpaired) electrons. The number of ether oxygens (including phenoxy) is 1. The average molecular weight is 246 g/mol. The highest BCUT2D eigenvalue weighted by atomic mass is 19.3. The van der Waals surface area contributed by atoms with E-state index in [0.29, 0.717) is 30.4 Å². The van der Waals surface area contributed by atoms with E-state index in [9.17, 15) is 8.78 Å². The molecule has 0 fully saturated rings. The van der Waals surface area contributed by atoms with Gasteiger partial charge in [0, 0.05) is 19.0 Å². The molecule has 0 spiro atoms. The molecule has 1 aromatic rings. The summed E-state index contributed by atoms with van der Waals surface area (Å²) in [5.74, 6) is 1.60. The Labute approximate surface area is 98.4 Å². The molecule has 0 amide bonds. The Morgan fingerprint density at radius 2 is 2.24 bits per heavy atom.